The SMILES string of the molecule is CN1CCCC(CN(C)C(=O)Nc2c(F)cccc2Oc2ccccc2)C1. The van der Waals surface area contributed by atoms with Gasteiger partial charge in [0.15, 0.2) is 11.6 Å². The van der Waals surface area contributed by atoms with Gasteiger partial charge in [-0.05, 0) is 56.6 Å². The Bertz CT molecular complexity index is 769. The highest BCUT2D eigenvalue weighted by atomic mass is 19.1. The molecular weight excluding hydrogens is 345 g/mol. The number of likely N-dealkylation sites (tertiary alicyclic amines) is 1. The van der Waals surface area contributed by atoms with E-state index in [4.69, 9.17) is 4.74 Å². The molecule has 27 heavy (non-hydrogen) atoms. The maximum absolute atomic E-state index is 14.4. The molecule has 3 rings (SSSR count). The molecule has 1 N–H and O–H groups in total. The number of benzene rings is 2. The monoisotopic (exact) mass is 371 g/mol. The third-order valence-corrected chi connectivity index (χ3v) is 4.78. The zero-order chi connectivity index (χ0) is 19.2. The van der Waals surface area contributed by atoms with Crippen molar-refractivity contribution in [3.05, 3.63) is 54.3 Å². The smallest absolute Gasteiger partial charge is 0.321 e. The van der Waals surface area contributed by atoms with Crippen molar-refractivity contribution in [2.75, 3.05) is 39.0 Å². The third kappa shape index (κ3) is 5.20. The number of halogens is 1. The third-order valence-electron chi connectivity index (χ3n) is 4.78. The Morgan fingerprint density at radius 2 is 2.04 bits per heavy atom. The summed E-state index contributed by atoms with van der Waals surface area (Å²) in [6, 6.07) is 13.3. The molecule has 6 heteroatoms. The van der Waals surface area contributed by atoms with Crippen LogP contribution in [0.5, 0.6) is 11.5 Å². The van der Waals surface area contributed by atoms with Crippen LogP contribution in [0.4, 0.5) is 14.9 Å². The van der Waals surface area contributed by atoms with E-state index in [1.54, 1.807) is 36.2 Å². The molecule has 0 aromatic heterocycles. The minimum atomic E-state index is -0.525. The Morgan fingerprint density at radius 1 is 1.26 bits per heavy atom. The van der Waals surface area contributed by atoms with Crippen molar-refractivity contribution in [1.82, 2.24) is 9.80 Å². The molecule has 1 heterocycles. The average Bonchev–Trinajstić information content (AvgIpc) is 2.65. The van der Waals surface area contributed by atoms with Gasteiger partial charge in [0.1, 0.15) is 11.4 Å². The summed E-state index contributed by atoms with van der Waals surface area (Å²) >= 11 is 0. The number of para-hydroxylation sites is 2. The summed E-state index contributed by atoms with van der Waals surface area (Å²) in [5.74, 6) is 0.764. The molecule has 5 nitrogen and oxygen atoms in total. The molecule has 2 aromatic carbocycles. The van der Waals surface area contributed by atoms with E-state index in [2.05, 4.69) is 17.3 Å². The summed E-state index contributed by atoms with van der Waals surface area (Å²) in [6.45, 7) is 2.71. The fraction of sp³-hybridized carbons (Fsp3) is 0.381. The van der Waals surface area contributed by atoms with Crippen LogP contribution in [0.25, 0.3) is 0 Å². The summed E-state index contributed by atoms with van der Waals surface area (Å²) in [7, 11) is 3.83. The molecule has 0 bridgehead atoms. The Hall–Kier alpha value is -2.60. The molecule has 1 aliphatic heterocycles. The minimum Gasteiger partial charge on any atom is -0.455 e. The van der Waals surface area contributed by atoms with Crippen LogP contribution in [0.3, 0.4) is 0 Å². The first-order valence-electron chi connectivity index (χ1n) is 9.25. The number of nitrogens with one attached hydrogen (secondary N) is 1. The summed E-state index contributed by atoms with van der Waals surface area (Å²) in [6.07, 6.45) is 2.24. The van der Waals surface area contributed by atoms with Gasteiger partial charge in [0, 0.05) is 20.1 Å². The number of hydrogen-bond acceptors (Lipinski definition) is 3. The predicted molar refractivity (Wildman–Crippen MR) is 105 cm³/mol. The van der Waals surface area contributed by atoms with Crippen LogP contribution in [-0.2, 0) is 0 Å². The van der Waals surface area contributed by atoms with Crippen molar-refractivity contribution < 1.29 is 13.9 Å². The van der Waals surface area contributed by atoms with Crippen molar-refractivity contribution in [3.8, 4) is 11.5 Å². The van der Waals surface area contributed by atoms with Gasteiger partial charge >= 0.3 is 6.03 Å². The second-order valence-electron chi connectivity index (χ2n) is 7.11. The Kier molecular flexibility index (Phi) is 6.29. The fourth-order valence-corrected chi connectivity index (χ4v) is 3.42. The number of ether oxygens (including phenoxy) is 1. The molecule has 0 spiro atoms. The number of hydrogen-bond donors (Lipinski definition) is 1. The topological polar surface area (TPSA) is 44.8 Å². The number of rotatable bonds is 5. The molecule has 1 unspecified atom stereocenters. The van der Waals surface area contributed by atoms with Crippen molar-refractivity contribution in [1.29, 1.82) is 0 Å². The second kappa shape index (κ2) is 8.86. The molecule has 0 radical (unpaired) electrons. The largest absolute Gasteiger partial charge is 0.455 e. The van der Waals surface area contributed by atoms with Gasteiger partial charge in [0.05, 0.1) is 0 Å². The first-order valence-corrected chi connectivity index (χ1v) is 9.25. The number of amides is 2. The minimum absolute atomic E-state index is 0.0546. The van der Waals surface area contributed by atoms with Gasteiger partial charge in [-0.2, -0.15) is 0 Å². The average molecular weight is 371 g/mol. The van der Waals surface area contributed by atoms with E-state index in [0.717, 1.165) is 25.9 Å². The van der Waals surface area contributed by atoms with Crippen LogP contribution >= 0.6 is 0 Å². The standard InChI is InChI=1S/C21H26FN3O2/c1-24-13-7-8-16(14-24)15-25(2)21(26)23-20-18(22)11-6-12-19(20)27-17-9-4-3-5-10-17/h3-6,9-12,16H,7-8,13-15H2,1-2H3,(H,23,26). The zero-order valence-electron chi connectivity index (χ0n) is 15.8. The van der Waals surface area contributed by atoms with Gasteiger partial charge in [-0.25, -0.2) is 9.18 Å². The summed E-state index contributed by atoms with van der Waals surface area (Å²) < 4.78 is 20.1. The number of carbonyl (C=O) groups excluding carboxylic acids is 1. The van der Waals surface area contributed by atoms with Crippen LogP contribution in [0, 0.1) is 11.7 Å². The zero-order valence-corrected chi connectivity index (χ0v) is 15.8. The maximum atomic E-state index is 14.4. The van der Waals surface area contributed by atoms with E-state index >= 15 is 0 Å². The lowest BCUT2D eigenvalue weighted by Crippen LogP contribution is -2.41. The molecule has 2 amide bonds. The number of anilines is 1. The van der Waals surface area contributed by atoms with Crippen LogP contribution in [0.1, 0.15) is 12.8 Å². The molecule has 144 valence electrons. The molecule has 1 fully saturated rings. The lowest BCUT2D eigenvalue weighted by molar-refractivity contribution is 0.169. The van der Waals surface area contributed by atoms with E-state index in [0.29, 0.717) is 18.2 Å². The highest BCUT2D eigenvalue weighted by Crippen LogP contribution is 2.32. The van der Waals surface area contributed by atoms with E-state index in [1.807, 2.05) is 18.2 Å². The molecular formula is C21H26FN3O2. The normalized spacial score (nSPS) is 17.4. The number of piperidine rings is 1. The fourth-order valence-electron chi connectivity index (χ4n) is 3.42. The molecule has 0 aliphatic carbocycles. The molecule has 1 aliphatic rings. The van der Waals surface area contributed by atoms with E-state index in [9.17, 15) is 9.18 Å². The van der Waals surface area contributed by atoms with Crippen molar-refractivity contribution in [2.45, 2.75) is 12.8 Å². The first kappa shape index (κ1) is 19.2. The Labute approximate surface area is 159 Å². The highest BCUT2D eigenvalue weighted by molar-refractivity contribution is 5.91. The first-order chi connectivity index (χ1) is 13.0. The summed E-state index contributed by atoms with van der Waals surface area (Å²) in [4.78, 5) is 16.5. The van der Waals surface area contributed by atoms with Crippen molar-refractivity contribution in [3.63, 3.8) is 0 Å². The van der Waals surface area contributed by atoms with Crippen molar-refractivity contribution in [2.24, 2.45) is 5.92 Å². The molecule has 0 saturated carbocycles. The van der Waals surface area contributed by atoms with Crippen LogP contribution in [-0.4, -0.2) is 49.6 Å². The number of nitrogens with zero attached hydrogens (tertiary/aromatic N) is 2. The van der Waals surface area contributed by atoms with Crippen LogP contribution < -0.4 is 10.1 Å². The Balaban J connectivity index is 1.67. The van der Waals surface area contributed by atoms with Gasteiger partial charge in [-0.15, -0.1) is 0 Å². The van der Waals surface area contributed by atoms with Gasteiger partial charge in [0.2, 0.25) is 0 Å². The van der Waals surface area contributed by atoms with Gasteiger partial charge in [-0.1, -0.05) is 24.3 Å². The van der Waals surface area contributed by atoms with Crippen LogP contribution in [0.2, 0.25) is 0 Å². The maximum Gasteiger partial charge on any atom is 0.321 e. The molecule has 2 aromatic rings. The quantitative estimate of drug-likeness (QED) is 0.846. The molecule has 1 atom stereocenters. The van der Waals surface area contributed by atoms with Crippen molar-refractivity contribution >= 4 is 11.7 Å². The van der Waals surface area contributed by atoms with E-state index in [-0.39, 0.29) is 17.5 Å². The predicted octanol–water partition coefficient (Wildman–Crippen LogP) is 4.42. The van der Waals surface area contributed by atoms with Gasteiger partial charge in [0.25, 0.3) is 0 Å². The van der Waals surface area contributed by atoms with E-state index in [1.165, 1.54) is 6.07 Å². The Morgan fingerprint density at radius 3 is 2.78 bits per heavy atom. The number of urea groups is 1. The lowest BCUT2D eigenvalue weighted by atomic mass is 9.98. The lowest BCUT2D eigenvalue weighted by Gasteiger charge is -2.32. The van der Waals surface area contributed by atoms with Crippen LogP contribution in [0.15, 0.2) is 48.5 Å². The van der Waals surface area contributed by atoms with Gasteiger partial charge < -0.3 is 19.9 Å². The highest BCUT2D eigenvalue weighted by Gasteiger charge is 2.22. The summed E-state index contributed by atoms with van der Waals surface area (Å²) in [5, 5.41) is 2.67. The summed E-state index contributed by atoms with van der Waals surface area (Å²) in [5.41, 5.74) is 0.0546. The van der Waals surface area contributed by atoms with Gasteiger partial charge in [-0.3, -0.25) is 0 Å². The second-order valence-corrected chi connectivity index (χ2v) is 7.11. The van der Waals surface area contributed by atoms with E-state index < -0.39 is 5.82 Å². The molecule has 1 saturated heterocycles. The number of carbonyl (C=O) groups is 1.